The van der Waals surface area contributed by atoms with Crippen LogP contribution in [0, 0.1) is 6.92 Å². The highest BCUT2D eigenvalue weighted by Gasteiger charge is 2.25. The lowest BCUT2D eigenvalue weighted by Crippen LogP contribution is -2.30. The number of aromatic carboxylic acids is 1. The van der Waals surface area contributed by atoms with Crippen LogP contribution in [-0.4, -0.2) is 15.6 Å². The number of carboxylic acid groups (broad SMARTS) is 1. The maximum absolute atomic E-state index is 12.4. The van der Waals surface area contributed by atoms with Crippen molar-refractivity contribution in [3.05, 3.63) is 69.1 Å². The van der Waals surface area contributed by atoms with Gasteiger partial charge in [-0.25, -0.2) is 4.79 Å². The van der Waals surface area contributed by atoms with E-state index in [4.69, 9.17) is 0 Å². The van der Waals surface area contributed by atoms with E-state index in [0.717, 1.165) is 12.8 Å². The van der Waals surface area contributed by atoms with E-state index in [1.165, 1.54) is 11.1 Å². The molecule has 1 aliphatic rings. The fraction of sp³-hybridized carbons (Fsp3) is 0.250. The molecule has 0 saturated carbocycles. The molecule has 0 aliphatic heterocycles. The Balaban J connectivity index is 2.04. The van der Waals surface area contributed by atoms with Gasteiger partial charge < -0.3 is 9.67 Å². The molecule has 4 heteroatoms. The van der Waals surface area contributed by atoms with Crippen LogP contribution in [0.15, 0.2) is 41.3 Å². The first-order chi connectivity index (χ1) is 9.58. The number of hydrogen-bond acceptors (Lipinski definition) is 2. The van der Waals surface area contributed by atoms with Crippen LogP contribution in [0.2, 0.25) is 0 Å². The minimum Gasteiger partial charge on any atom is -0.477 e. The van der Waals surface area contributed by atoms with Crippen molar-refractivity contribution in [2.45, 2.75) is 25.8 Å². The molecule has 0 atom stereocenters. The summed E-state index contributed by atoms with van der Waals surface area (Å²) in [5.74, 6) is -1.16. The van der Waals surface area contributed by atoms with Crippen molar-refractivity contribution in [3.63, 3.8) is 0 Å². The summed E-state index contributed by atoms with van der Waals surface area (Å²) >= 11 is 0. The molecule has 0 bridgehead atoms. The number of aromatic nitrogens is 1. The van der Waals surface area contributed by atoms with Crippen molar-refractivity contribution >= 4 is 5.97 Å². The van der Waals surface area contributed by atoms with Gasteiger partial charge in [0.2, 0.25) is 0 Å². The van der Waals surface area contributed by atoms with Gasteiger partial charge >= 0.3 is 5.97 Å². The normalized spacial score (nSPS) is 14.2. The largest absolute Gasteiger partial charge is 0.477 e. The van der Waals surface area contributed by atoms with Crippen LogP contribution in [0.3, 0.4) is 0 Å². The lowest BCUT2D eigenvalue weighted by atomic mass is 10.1. The standard InChI is InChI=1S/C16H15NO3/c1-10-6-7-17(15(18)14(10)16(19)20)13-8-11-4-2-3-5-12(11)9-13/h2-7,13H,8-9H2,1H3,(H,19,20). The van der Waals surface area contributed by atoms with Crippen LogP contribution < -0.4 is 5.56 Å². The van der Waals surface area contributed by atoms with Crippen LogP contribution in [0.5, 0.6) is 0 Å². The number of fused-ring (bicyclic) bond motifs is 1. The summed E-state index contributed by atoms with van der Waals surface area (Å²) in [7, 11) is 0. The van der Waals surface area contributed by atoms with Gasteiger partial charge in [0.1, 0.15) is 5.56 Å². The topological polar surface area (TPSA) is 59.3 Å². The molecule has 2 aromatic rings. The first kappa shape index (κ1) is 12.7. The Labute approximate surface area is 116 Å². The Hall–Kier alpha value is -2.36. The number of carbonyl (C=O) groups is 1. The Morgan fingerprint density at radius 2 is 1.80 bits per heavy atom. The summed E-state index contributed by atoms with van der Waals surface area (Å²) in [6.07, 6.45) is 3.26. The molecule has 0 saturated heterocycles. The van der Waals surface area contributed by atoms with Gasteiger partial charge in [-0.05, 0) is 42.5 Å². The van der Waals surface area contributed by atoms with Gasteiger partial charge in [-0.2, -0.15) is 0 Å². The van der Waals surface area contributed by atoms with Crippen LogP contribution in [0.4, 0.5) is 0 Å². The Morgan fingerprint density at radius 1 is 1.20 bits per heavy atom. The molecule has 102 valence electrons. The summed E-state index contributed by atoms with van der Waals surface area (Å²) in [6, 6.07) is 9.81. The van der Waals surface area contributed by atoms with E-state index >= 15 is 0 Å². The highest BCUT2D eigenvalue weighted by atomic mass is 16.4. The number of aryl methyl sites for hydroxylation is 1. The summed E-state index contributed by atoms with van der Waals surface area (Å²) in [4.78, 5) is 23.6. The van der Waals surface area contributed by atoms with E-state index in [-0.39, 0.29) is 11.6 Å². The second kappa shape index (κ2) is 4.63. The second-order valence-corrected chi connectivity index (χ2v) is 5.22. The van der Waals surface area contributed by atoms with Gasteiger partial charge in [-0.3, -0.25) is 4.79 Å². The van der Waals surface area contributed by atoms with Crippen molar-refractivity contribution in [2.24, 2.45) is 0 Å². The SMILES string of the molecule is Cc1ccn(C2Cc3ccccc3C2)c(=O)c1C(=O)O. The first-order valence-electron chi connectivity index (χ1n) is 6.59. The molecule has 1 aromatic heterocycles. The molecule has 1 heterocycles. The smallest absolute Gasteiger partial charge is 0.341 e. The Morgan fingerprint density at radius 3 is 2.35 bits per heavy atom. The molecule has 0 radical (unpaired) electrons. The highest BCUT2D eigenvalue weighted by molar-refractivity contribution is 5.88. The predicted octanol–water partition coefficient (Wildman–Crippen LogP) is 2.19. The minimum absolute atomic E-state index is 0.0126. The number of rotatable bonds is 2. The van der Waals surface area contributed by atoms with E-state index in [1.807, 2.05) is 12.1 Å². The van der Waals surface area contributed by atoms with Crippen LogP contribution >= 0.6 is 0 Å². The molecule has 20 heavy (non-hydrogen) atoms. The van der Waals surface area contributed by atoms with E-state index in [1.54, 1.807) is 23.8 Å². The van der Waals surface area contributed by atoms with E-state index in [2.05, 4.69) is 12.1 Å². The van der Waals surface area contributed by atoms with Gasteiger partial charge in [0, 0.05) is 12.2 Å². The number of benzene rings is 1. The number of pyridine rings is 1. The van der Waals surface area contributed by atoms with Gasteiger partial charge in [0.15, 0.2) is 0 Å². The number of carboxylic acids is 1. The van der Waals surface area contributed by atoms with Gasteiger partial charge in [-0.15, -0.1) is 0 Å². The monoisotopic (exact) mass is 269 g/mol. The third-order valence-corrected chi connectivity index (χ3v) is 3.96. The van der Waals surface area contributed by atoms with Crippen LogP contribution in [-0.2, 0) is 12.8 Å². The third-order valence-electron chi connectivity index (χ3n) is 3.96. The molecule has 0 amide bonds. The molecule has 0 fully saturated rings. The minimum atomic E-state index is -1.16. The van der Waals surface area contributed by atoms with Crippen molar-refractivity contribution < 1.29 is 9.90 Å². The molecular formula is C16H15NO3. The van der Waals surface area contributed by atoms with Crippen molar-refractivity contribution in [3.8, 4) is 0 Å². The molecule has 3 rings (SSSR count). The Kier molecular flexibility index (Phi) is 2.93. The van der Waals surface area contributed by atoms with E-state index < -0.39 is 11.5 Å². The first-order valence-corrected chi connectivity index (χ1v) is 6.59. The molecule has 4 nitrogen and oxygen atoms in total. The summed E-state index contributed by atoms with van der Waals surface area (Å²) < 4.78 is 1.57. The summed E-state index contributed by atoms with van der Waals surface area (Å²) in [5, 5.41) is 9.17. The lowest BCUT2D eigenvalue weighted by molar-refractivity contribution is 0.0693. The van der Waals surface area contributed by atoms with Crippen LogP contribution in [0.1, 0.15) is 33.1 Å². The maximum Gasteiger partial charge on any atom is 0.341 e. The Bertz CT molecular complexity index is 721. The molecule has 1 aromatic carbocycles. The fourth-order valence-electron chi connectivity index (χ4n) is 2.92. The van der Waals surface area contributed by atoms with Crippen molar-refractivity contribution in [1.29, 1.82) is 0 Å². The molecule has 1 N–H and O–H groups in total. The van der Waals surface area contributed by atoms with E-state index in [0.29, 0.717) is 5.56 Å². The summed E-state index contributed by atoms with van der Waals surface area (Å²) in [5.41, 5.74) is 2.46. The maximum atomic E-state index is 12.4. The fourth-order valence-corrected chi connectivity index (χ4v) is 2.92. The van der Waals surface area contributed by atoms with Gasteiger partial charge in [0.05, 0.1) is 0 Å². The number of nitrogens with zero attached hydrogens (tertiary/aromatic N) is 1. The molecule has 0 spiro atoms. The average molecular weight is 269 g/mol. The van der Waals surface area contributed by atoms with Crippen molar-refractivity contribution in [2.75, 3.05) is 0 Å². The van der Waals surface area contributed by atoms with Gasteiger partial charge in [-0.1, -0.05) is 24.3 Å². The third kappa shape index (κ3) is 1.93. The van der Waals surface area contributed by atoms with E-state index in [9.17, 15) is 14.7 Å². The predicted molar refractivity (Wildman–Crippen MR) is 75.3 cm³/mol. The highest BCUT2D eigenvalue weighted by Crippen LogP contribution is 2.29. The number of hydrogen-bond donors (Lipinski definition) is 1. The average Bonchev–Trinajstić information content (AvgIpc) is 2.81. The second-order valence-electron chi connectivity index (χ2n) is 5.22. The molecular weight excluding hydrogens is 254 g/mol. The zero-order valence-corrected chi connectivity index (χ0v) is 11.2. The molecule has 0 unspecified atom stereocenters. The summed E-state index contributed by atoms with van der Waals surface area (Å²) in [6.45, 7) is 1.65. The lowest BCUT2D eigenvalue weighted by Gasteiger charge is -2.15. The quantitative estimate of drug-likeness (QED) is 0.909. The zero-order chi connectivity index (χ0) is 14.3. The zero-order valence-electron chi connectivity index (χ0n) is 11.2. The molecule has 1 aliphatic carbocycles. The van der Waals surface area contributed by atoms with Gasteiger partial charge in [0.25, 0.3) is 5.56 Å². The van der Waals surface area contributed by atoms with Crippen LogP contribution in [0.25, 0.3) is 0 Å². The van der Waals surface area contributed by atoms with Crippen molar-refractivity contribution in [1.82, 2.24) is 4.57 Å².